The first kappa shape index (κ1) is 14.8. The SMILES string of the molecule is CN1CCC(NC(=O)CN2CCC(=O)N(C)C2=O)CC1. The Kier molecular flexibility index (Phi) is 4.59. The first-order chi connectivity index (χ1) is 9.47. The number of hydrogen-bond acceptors (Lipinski definition) is 4. The maximum Gasteiger partial charge on any atom is 0.326 e. The molecule has 4 amide bonds. The number of carbonyl (C=O) groups excluding carboxylic acids is 3. The third kappa shape index (κ3) is 3.47. The van der Waals surface area contributed by atoms with Gasteiger partial charge in [0.2, 0.25) is 11.8 Å². The third-order valence-corrected chi connectivity index (χ3v) is 3.95. The molecule has 0 aromatic heterocycles. The van der Waals surface area contributed by atoms with Crippen LogP contribution in [0.4, 0.5) is 4.79 Å². The van der Waals surface area contributed by atoms with Crippen molar-refractivity contribution < 1.29 is 14.4 Å². The van der Waals surface area contributed by atoms with Crippen molar-refractivity contribution in [1.82, 2.24) is 20.0 Å². The number of nitrogens with zero attached hydrogens (tertiary/aromatic N) is 3. The van der Waals surface area contributed by atoms with Crippen molar-refractivity contribution in [2.75, 3.05) is 40.3 Å². The van der Waals surface area contributed by atoms with Gasteiger partial charge in [0.15, 0.2) is 0 Å². The molecule has 1 N–H and O–H groups in total. The number of nitrogens with one attached hydrogen (secondary N) is 1. The maximum absolute atomic E-state index is 12.0. The van der Waals surface area contributed by atoms with Crippen molar-refractivity contribution >= 4 is 17.8 Å². The Bertz CT molecular complexity index is 404. The molecule has 2 fully saturated rings. The second-order valence-corrected chi connectivity index (χ2v) is 5.55. The monoisotopic (exact) mass is 282 g/mol. The highest BCUT2D eigenvalue weighted by atomic mass is 16.2. The van der Waals surface area contributed by atoms with Gasteiger partial charge in [-0.05, 0) is 33.0 Å². The van der Waals surface area contributed by atoms with E-state index in [-0.39, 0.29) is 36.9 Å². The van der Waals surface area contributed by atoms with Crippen molar-refractivity contribution in [2.24, 2.45) is 0 Å². The van der Waals surface area contributed by atoms with E-state index in [2.05, 4.69) is 17.3 Å². The van der Waals surface area contributed by atoms with E-state index in [0.717, 1.165) is 30.8 Å². The smallest absolute Gasteiger partial charge is 0.326 e. The molecule has 2 aliphatic rings. The van der Waals surface area contributed by atoms with Crippen LogP contribution in [0.25, 0.3) is 0 Å². The second-order valence-electron chi connectivity index (χ2n) is 5.55. The molecule has 0 aromatic carbocycles. The van der Waals surface area contributed by atoms with Gasteiger partial charge in [-0.1, -0.05) is 0 Å². The summed E-state index contributed by atoms with van der Waals surface area (Å²) >= 11 is 0. The molecule has 112 valence electrons. The van der Waals surface area contributed by atoms with E-state index in [1.165, 1.54) is 11.9 Å². The fourth-order valence-electron chi connectivity index (χ4n) is 2.56. The fraction of sp³-hybridized carbons (Fsp3) is 0.769. The molecule has 0 aromatic rings. The van der Waals surface area contributed by atoms with Crippen LogP contribution in [0.3, 0.4) is 0 Å². The van der Waals surface area contributed by atoms with Crippen LogP contribution in [0.2, 0.25) is 0 Å². The number of carbonyl (C=O) groups is 3. The van der Waals surface area contributed by atoms with E-state index in [4.69, 9.17) is 0 Å². The van der Waals surface area contributed by atoms with Crippen molar-refractivity contribution in [2.45, 2.75) is 25.3 Å². The van der Waals surface area contributed by atoms with E-state index in [1.807, 2.05) is 0 Å². The molecule has 0 unspecified atom stereocenters. The molecular formula is C13H22N4O3. The summed E-state index contributed by atoms with van der Waals surface area (Å²) in [5.74, 6) is -0.336. The lowest BCUT2D eigenvalue weighted by Gasteiger charge is -2.33. The Morgan fingerprint density at radius 1 is 1.20 bits per heavy atom. The Morgan fingerprint density at radius 2 is 1.85 bits per heavy atom. The number of rotatable bonds is 3. The van der Waals surface area contributed by atoms with Gasteiger partial charge in [-0.15, -0.1) is 0 Å². The minimum atomic E-state index is -0.389. The molecule has 0 saturated carbocycles. The summed E-state index contributed by atoms with van der Waals surface area (Å²) in [6, 6.07) is -0.197. The number of piperidine rings is 1. The van der Waals surface area contributed by atoms with Gasteiger partial charge in [-0.3, -0.25) is 14.5 Å². The number of imide groups is 1. The lowest BCUT2D eigenvalue weighted by atomic mass is 10.1. The summed E-state index contributed by atoms with van der Waals surface area (Å²) in [4.78, 5) is 39.9. The molecule has 0 spiro atoms. The van der Waals surface area contributed by atoms with Gasteiger partial charge in [0.05, 0.1) is 0 Å². The van der Waals surface area contributed by atoms with Crippen LogP contribution in [0.1, 0.15) is 19.3 Å². The quantitative estimate of drug-likeness (QED) is 0.756. The maximum atomic E-state index is 12.0. The zero-order valence-electron chi connectivity index (χ0n) is 12.1. The average molecular weight is 282 g/mol. The van der Waals surface area contributed by atoms with Crippen LogP contribution in [0, 0.1) is 0 Å². The standard InChI is InChI=1S/C13H22N4O3/c1-15-6-3-10(4-7-15)14-11(18)9-17-8-5-12(19)16(2)13(17)20/h10H,3-9H2,1-2H3,(H,14,18). The molecule has 7 nitrogen and oxygen atoms in total. The fourth-order valence-corrected chi connectivity index (χ4v) is 2.56. The van der Waals surface area contributed by atoms with Gasteiger partial charge in [0, 0.05) is 26.1 Å². The molecule has 2 aliphatic heterocycles. The van der Waals surface area contributed by atoms with E-state index in [9.17, 15) is 14.4 Å². The molecular weight excluding hydrogens is 260 g/mol. The van der Waals surface area contributed by atoms with Gasteiger partial charge in [0.1, 0.15) is 6.54 Å². The molecule has 2 rings (SSSR count). The zero-order chi connectivity index (χ0) is 14.7. The third-order valence-electron chi connectivity index (χ3n) is 3.95. The molecule has 7 heteroatoms. The van der Waals surface area contributed by atoms with Crippen molar-refractivity contribution in [1.29, 1.82) is 0 Å². The number of amides is 4. The highest BCUT2D eigenvalue weighted by molar-refractivity contribution is 5.97. The van der Waals surface area contributed by atoms with E-state index in [0.29, 0.717) is 6.54 Å². The van der Waals surface area contributed by atoms with Crippen molar-refractivity contribution in [3.05, 3.63) is 0 Å². The molecule has 0 bridgehead atoms. The van der Waals surface area contributed by atoms with Crippen LogP contribution in [0.5, 0.6) is 0 Å². The molecule has 20 heavy (non-hydrogen) atoms. The first-order valence-electron chi connectivity index (χ1n) is 7.00. The average Bonchev–Trinajstić information content (AvgIpc) is 2.42. The van der Waals surface area contributed by atoms with E-state index >= 15 is 0 Å². The predicted molar refractivity (Wildman–Crippen MR) is 73.0 cm³/mol. The Labute approximate surface area is 118 Å². The van der Waals surface area contributed by atoms with E-state index < -0.39 is 0 Å². The molecule has 0 atom stereocenters. The molecule has 0 radical (unpaired) electrons. The summed E-state index contributed by atoms with van der Waals surface area (Å²) in [6.45, 7) is 2.31. The summed E-state index contributed by atoms with van der Waals surface area (Å²) < 4.78 is 0. The Balaban J connectivity index is 1.79. The van der Waals surface area contributed by atoms with E-state index in [1.54, 1.807) is 0 Å². The number of likely N-dealkylation sites (tertiary alicyclic amines) is 1. The molecule has 2 saturated heterocycles. The summed E-state index contributed by atoms with van der Waals surface area (Å²) in [6.07, 6.45) is 2.16. The van der Waals surface area contributed by atoms with Gasteiger partial charge in [0.25, 0.3) is 0 Å². The number of hydrogen-bond donors (Lipinski definition) is 1. The van der Waals surface area contributed by atoms with Gasteiger partial charge >= 0.3 is 6.03 Å². The number of urea groups is 1. The summed E-state index contributed by atoms with van der Waals surface area (Å²) in [5, 5.41) is 2.97. The first-order valence-corrected chi connectivity index (χ1v) is 7.00. The normalized spacial score (nSPS) is 22.3. The highest BCUT2D eigenvalue weighted by Crippen LogP contribution is 2.10. The van der Waals surface area contributed by atoms with Crippen LogP contribution in [-0.4, -0.2) is 78.9 Å². The lowest BCUT2D eigenvalue weighted by molar-refractivity contribution is -0.131. The minimum absolute atomic E-state index is 0.0305. The van der Waals surface area contributed by atoms with Gasteiger partial charge in [-0.2, -0.15) is 0 Å². The van der Waals surface area contributed by atoms with Crippen LogP contribution < -0.4 is 5.32 Å². The topological polar surface area (TPSA) is 73.0 Å². The minimum Gasteiger partial charge on any atom is -0.352 e. The zero-order valence-corrected chi connectivity index (χ0v) is 12.1. The Hall–Kier alpha value is -1.63. The molecule has 0 aliphatic carbocycles. The lowest BCUT2D eigenvalue weighted by Crippen LogP contribution is -2.54. The Morgan fingerprint density at radius 3 is 2.50 bits per heavy atom. The van der Waals surface area contributed by atoms with Gasteiger partial charge in [-0.25, -0.2) is 4.79 Å². The largest absolute Gasteiger partial charge is 0.352 e. The van der Waals surface area contributed by atoms with Crippen LogP contribution >= 0.6 is 0 Å². The summed E-state index contributed by atoms with van der Waals surface area (Å²) in [7, 11) is 3.52. The van der Waals surface area contributed by atoms with Crippen molar-refractivity contribution in [3.63, 3.8) is 0 Å². The van der Waals surface area contributed by atoms with Crippen LogP contribution in [0.15, 0.2) is 0 Å². The van der Waals surface area contributed by atoms with Gasteiger partial charge < -0.3 is 15.1 Å². The second kappa shape index (κ2) is 6.21. The highest BCUT2D eigenvalue weighted by Gasteiger charge is 2.30. The summed E-state index contributed by atoms with van der Waals surface area (Å²) in [5.41, 5.74) is 0. The van der Waals surface area contributed by atoms with Crippen molar-refractivity contribution in [3.8, 4) is 0 Å². The molecule has 2 heterocycles. The van der Waals surface area contributed by atoms with Crippen LogP contribution in [-0.2, 0) is 9.59 Å². The predicted octanol–water partition coefficient (Wildman–Crippen LogP) is -0.519.